The van der Waals surface area contributed by atoms with Crippen LogP contribution in [0.5, 0.6) is 0 Å². The Kier molecular flexibility index (Phi) is 7.32. The van der Waals surface area contributed by atoms with E-state index in [1.54, 1.807) is 0 Å². The van der Waals surface area contributed by atoms with Crippen LogP contribution in [0.3, 0.4) is 0 Å². The van der Waals surface area contributed by atoms with E-state index in [1.165, 1.54) is 44.5 Å². The van der Waals surface area contributed by atoms with Crippen LogP contribution in [0.1, 0.15) is 56.2 Å². The molecule has 4 nitrogen and oxygen atoms in total. The van der Waals surface area contributed by atoms with E-state index < -0.39 is 0 Å². The summed E-state index contributed by atoms with van der Waals surface area (Å²) in [6.07, 6.45) is 8.43. The van der Waals surface area contributed by atoms with Crippen molar-refractivity contribution < 1.29 is 16.5 Å². The summed E-state index contributed by atoms with van der Waals surface area (Å²) < 4.78 is 0. The van der Waals surface area contributed by atoms with Crippen LogP contribution < -0.4 is 0 Å². The Balaban J connectivity index is 0.00000329. The summed E-state index contributed by atoms with van der Waals surface area (Å²) in [6, 6.07) is 21.9. The van der Waals surface area contributed by atoms with Crippen molar-refractivity contribution in [3.05, 3.63) is 117 Å². The Morgan fingerprint density at radius 1 is 0.442 bits per heavy atom. The summed E-state index contributed by atoms with van der Waals surface area (Å²) in [5, 5.41) is 0. The minimum absolute atomic E-state index is 0. The van der Waals surface area contributed by atoms with Crippen LogP contribution in [0.2, 0.25) is 0 Å². The molecule has 0 amide bonds. The van der Waals surface area contributed by atoms with E-state index in [9.17, 15) is 0 Å². The van der Waals surface area contributed by atoms with Gasteiger partial charge in [-0.1, -0.05) is 35.4 Å². The number of nitrogens with one attached hydrogen (secondary N) is 2. The van der Waals surface area contributed by atoms with Crippen LogP contribution in [-0.4, -0.2) is 19.9 Å². The number of hydrogen-bond acceptors (Lipinski definition) is 2. The Morgan fingerprint density at radius 3 is 1.26 bits per heavy atom. The van der Waals surface area contributed by atoms with E-state index >= 15 is 0 Å². The van der Waals surface area contributed by atoms with E-state index in [-0.39, 0.29) is 16.5 Å². The fraction of sp³-hybridized carbons (Fsp3) is 0.158. The molecule has 2 aromatic carbocycles. The molecule has 8 bridgehead atoms. The Labute approximate surface area is 262 Å². The molecule has 0 fully saturated rings. The van der Waals surface area contributed by atoms with Crippen LogP contribution in [0.25, 0.3) is 68.6 Å². The van der Waals surface area contributed by atoms with Crippen molar-refractivity contribution in [1.29, 1.82) is 0 Å². The van der Waals surface area contributed by atoms with E-state index in [1.807, 2.05) is 0 Å². The molecule has 43 heavy (non-hydrogen) atoms. The van der Waals surface area contributed by atoms with E-state index in [2.05, 4.69) is 136 Å². The van der Waals surface area contributed by atoms with Gasteiger partial charge in [0.25, 0.3) is 0 Å². The van der Waals surface area contributed by atoms with Crippen LogP contribution in [0.15, 0.2) is 60.7 Å². The van der Waals surface area contributed by atoms with Gasteiger partial charge in [0.2, 0.25) is 0 Å². The number of aryl methyl sites for hydroxylation is 6. The molecular formula is C38H34N4Ni+2. The molecule has 2 aliphatic heterocycles. The summed E-state index contributed by atoms with van der Waals surface area (Å²) in [6.45, 7) is 13.1. The van der Waals surface area contributed by atoms with E-state index in [0.717, 1.165) is 56.0 Å². The van der Waals surface area contributed by atoms with Crippen molar-refractivity contribution in [2.45, 2.75) is 41.5 Å². The molecule has 7 rings (SSSR count). The molecule has 0 atom stereocenters. The first-order chi connectivity index (χ1) is 20.2. The molecule has 5 heterocycles. The smallest absolute Gasteiger partial charge is 0.355 e. The second-order valence-electron chi connectivity index (χ2n) is 11.8. The normalized spacial score (nSPS) is 12.0. The molecule has 5 aromatic rings. The number of rotatable bonds is 2. The third-order valence-corrected chi connectivity index (χ3v) is 8.25. The molecule has 0 saturated carbocycles. The standard InChI is InChI=1S/C38H34N4.Ni/c1-21-15-23(3)35(24(4)16-21)37-31-11-7-27(39-31)19-29-9-13-33(41-29)38(36-25(5)17-22(2)18-26(36)6)34-14-10-30(42-34)20-28-8-12-32(37)40-28;/h7-20,39-40H,1-6H3;/q;+2. The predicted octanol–water partition coefficient (Wildman–Crippen LogP) is 9.84. The van der Waals surface area contributed by atoms with Crippen LogP contribution >= 0.6 is 0 Å². The first-order valence-electron chi connectivity index (χ1n) is 14.5. The topological polar surface area (TPSA) is 57.4 Å². The molecule has 2 N–H and O–H groups in total. The second kappa shape index (κ2) is 11.0. The molecule has 3 aromatic heterocycles. The van der Waals surface area contributed by atoms with Gasteiger partial charge in [0, 0.05) is 33.2 Å². The zero-order chi connectivity index (χ0) is 29.1. The molecule has 2 aliphatic rings. The third kappa shape index (κ3) is 5.19. The summed E-state index contributed by atoms with van der Waals surface area (Å²) in [5.74, 6) is 0. The van der Waals surface area contributed by atoms with Gasteiger partial charge in [-0.05, 0) is 136 Å². The van der Waals surface area contributed by atoms with Gasteiger partial charge in [0.15, 0.2) is 0 Å². The van der Waals surface area contributed by atoms with Crippen LogP contribution in [0, 0.1) is 41.5 Å². The molecular weight excluding hydrogens is 571 g/mol. The number of fused-ring (bicyclic) bond motifs is 8. The van der Waals surface area contributed by atoms with Gasteiger partial charge in [-0.2, -0.15) is 0 Å². The van der Waals surface area contributed by atoms with Gasteiger partial charge >= 0.3 is 16.5 Å². The van der Waals surface area contributed by atoms with Gasteiger partial charge in [-0.25, -0.2) is 9.97 Å². The Morgan fingerprint density at radius 2 is 0.837 bits per heavy atom. The van der Waals surface area contributed by atoms with E-state index in [0.29, 0.717) is 0 Å². The number of aromatic nitrogens is 4. The summed E-state index contributed by atoms with van der Waals surface area (Å²) in [5.41, 5.74) is 20.0. The van der Waals surface area contributed by atoms with Crippen molar-refractivity contribution in [1.82, 2.24) is 19.9 Å². The molecule has 0 saturated heterocycles. The molecule has 5 heteroatoms. The monoisotopic (exact) mass is 604 g/mol. The van der Waals surface area contributed by atoms with Crippen molar-refractivity contribution in [2.75, 3.05) is 0 Å². The largest absolute Gasteiger partial charge is 2.00 e. The number of benzene rings is 2. The number of nitrogens with zero attached hydrogens (tertiary/aromatic N) is 2. The van der Waals surface area contributed by atoms with Gasteiger partial charge in [0.1, 0.15) is 0 Å². The maximum absolute atomic E-state index is 5.12. The molecule has 0 aliphatic carbocycles. The van der Waals surface area contributed by atoms with Crippen molar-refractivity contribution in [3.8, 4) is 22.3 Å². The Bertz CT molecular complexity index is 2020. The number of hydrogen-bond donors (Lipinski definition) is 2. The first-order valence-corrected chi connectivity index (χ1v) is 14.5. The summed E-state index contributed by atoms with van der Waals surface area (Å²) in [4.78, 5) is 17.6. The average molecular weight is 605 g/mol. The minimum atomic E-state index is 0. The van der Waals surface area contributed by atoms with Crippen molar-refractivity contribution in [3.63, 3.8) is 0 Å². The third-order valence-electron chi connectivity index (χ3n) is 8.25. The van der Waals surface area contributed by atoms with Crippen LogP contribution in [0.4, 0.5) is 0 Å². The van der Waals surface area contributed by atoms with Gasteiger partial charge in [-0.3, -0.25) is 0 Å². The fourth-order valence-corrected chi connectivity index (χ4v) is 6.75. The zero-order valence-corrected chi connectivity index (χ0v) is 26.3. The second-order valence-corrected chi connectivity index (χ2v) is 11.8. The van der Waals surface area contributed by atoms with Gasteiger partial charge in [0.05, 0.1) is 22.8 Å². The molecule has 0 spiro atoms. The zero-order valence-electron chi connectivity index (χ0n) is 25.3. The summed E-state index contributed by atoms with van der Waals surface area (Å²) in [7, 11) is 0. The molecule has 0 radical (unpaired) electrons. The SMILES string of the molecule is Cc1cc(C)c(-c2c3nc(cc4ccc([nH]4)c(-c4c(C)cc(C)cc4C)c4ccc(cc5nc2C=C5)[nH]4)C=C3)c(C)c1.[Ni+2]. The summed E-state index contributed by atoms with van der Waals surface area (Å²) >= 11 is 0. The van der Waals surface area contributed by atoms with Crippen molar-refractivity contribution in [2.24, 2.45) is 0 Å². The fourth-order valence-electron chi connectivity index (χ4n) is 6.75. The van der Waals surface area contributed by atoms with Gasteiger partial charge < -0.3 is 9.97 Å². The number of H-pyrrole nitrogens is 2. The van der Waals surface area contributed by atoms with Gasteiger partial charge in [-0.15, -0.1) is 0 Å². The average Bonchev–Trinajstić information content (AvgIpc) is 3.73. The molecule has 0 unspecified atom stereocenters. The first kappa shape index (κ1) is 28.6. The predicted molar refractivity (Wildman–Crippen MR) is 178 cm³/mol. The molecule has 214 valence electrons. The maximum atomic E-state index is 5.12. The maximum Gasteiger partial charge on any atom is 2.00 e. The minimum Gasteiger partial charge on any atom is -0.355 e. The van der Waals surface area contributed by atoms with Crippen molar-refractivity contribution >= 4 is 46.4 Å². The van der Waals surface area contributed by atoms with Crippen LogP contribution in [-0.2, 0) is 16.5 Å². The Hall–Kier alpha value is -4.47. The van der Waals surface area contributed by atoms with E-state index in [4.69, 9.17) is 9.97 Å². The quantitative estimate of drug-likeness (QED) is 0.193. The number of aromatic amines is 2.